The van der Waals surface area contributed by atoms with Crippen LogP contribution in [0.5, 0.6) is 0 Å². The van der Waals surface area contributed by atoms with Gasteiger partial charge in [0.1, 0.15) is 6.10 Å². The Labute approximate surface area is 97.6 Å². The highest BCUT2D eigenvalue weighted by Crippen LogP contribution is 2.34. The minimum absolute atomic E-state index is 0.101. The third-order valence-corrected chi connectivity index (χ3v) is 2.81. The van der Waals surface area contributed by atoms with Gasteiger partial charge in [0.25, 0.3) is 5.79 Å². The number of carbonyl (C=O) groups excluding carboxylic acids is 2. The summed E-state index contributed by atoms with van der Waals surface area (Å²) in [4.78, 5) is 22.6. The lowest BCUT2D eigenvalue weighted by atomic mass is 10.0. The van der Waals surface area contributed by atoms with E-state index in [1.165, 1.54) is 0 Å². The summed E-state index contributed by atoms with van der Waals surface area (Å²) in [5.74, 6) is -5.41. The molecule has 7 nitrogen and oxygen atoms in total. The summed E-state index contributed by atoms with van der Waals surface area (Å²) >= 11 is 0. The van der Waals surface area contributed by atoms with E-state index in [9.17, 15) is 14.7 Å². The van der Waals surface area contributed by atoms with E-state index < -0.39 is 35.5 Å². The van der Waals surface area contributed by atoms with Crippen LogP contribution >= 0.6 is 0 Å². The van der Waals surface area contributed by atoms with Gasteiger partial charge in [-0.15, -0.1) is 0 Å². The molecule has 96 valence electrons. The lowest BCUT2D eigenvalue weighted by molar-refractivity contribution is -0.236. The van der Waals surface area contributed by atoms with Crippen molar-refractivity contribution in [2.24, 2.45) is 0 Å². The Bertz CT molecular complexity index is 364. The summed E-state index contributed by atoms with van der Waals surface area (Å²) < 4.78 is 20.2. The van der Waals surface area contributed by atoms with Gasteiger partial charge in [-0.25, -0.2) is 4.79 Å². The molecule has 2 aliphatic heterocycles. The highest BCUT2D eigenvalue weighted by atomic mass is 16.8. The molecule has 2 saturated heterocycles. The molecule has 17 heavy (non-hydrogen) atoms. The molecule has 0 aromatic carbocycles. The normalized spacial score (nSPS) is 40.7. The molecule has 0 aromatic heterocycles. The van der Waals surface area contributed by atoms with Crippen LogP contribution in [-0.2, 0) is 28.5 Å². The van der Waals surface area contributed by atoms with E-state index >= 15 is 0 Å². The van der Waals surface area contributed by atoms with Gasteiger partial charge in [-0.2, -0.15) is 0 Å². The molecule has 0 saturated carbocycles. The first-order chi connectivity index (χ1) is 7.80. The average Bonchev–Trinajstić information content (AvgIpc) is 2.72. The van der Waals surface area contributed by atoms with Gasteiger partial charge in [-0.1, -0.05) is 0 Å². The van der Waals surface area contributed by atoms with Gasteiger partial charge >= 0.3 is 11.8 Å². The summed E-state index contributed by atoms with van der Waals surface area (Å²) in [6.07, 6.45) is -1.96. The maximum absolute atomic E-state index is 11.4. The van der Waals surface area contributed by atoms with Gasteiger partial charge in [0, 0.05) is 7.11 Å². The highest BCUT2D eigenvalue weighted by Gasteiger charge is 2.62. The first kappa shape index (κ1) is 12.4. The van der Waals surface area contributed by atoms with Crippen LogP contribution in [0.15, 0.2) is 0 Å². The number of Topliss-reactive ketones (excluding diaryl/α,β-unsaturated/α-hetero) is 1. The monoisotopic (exact) mass is 246 g/mol. The second kappa shape index (κ2) is 3.74. The number of aliphatic hydroxyl groups is 1. The molecule has 0 amide bonds. The Hall–Kier alpha value is -1.02. The van der Waals surface area contributed by atoms with Crippen LogP contribution in [0.3, 0.4) is 0 Å². The molecular formula is C10H14O7. The summed E-state index contributed by atoms with van der Waals surface area (Å²) in [7, 11) is 1.12. The Morgan fingerprint density at radius 1 is 1.41 bits per heavy atom. The predicted octanol–water partition coefficient (Wildman–Crippen LogP) is -1.03. The minimum Gasteiger partial charge on any atom is -0.447 e. The fraction of sp³-hybridized carbons (Fsp3) is 0.800. The highest BCUT2D eigenvalue weighted by molar-refractivity contribution is 6.38. The number of ether oxygens (including phenoxy) is 4. The minimum atomic E-state index is -2.30. The molecule has 2 heterocycles. The SMILES string of the molecule is COC1(O)C(=O)C(=O)OC1C1COC(C)(C)O1. The van der Waals surface area contributed by atoms with Crippen molar-refractivity contribution in [3.05, 3.63) is 0 Å². The third kappa shape index (κ3) is 1.85. The topological polar surface area (TPSA) is 91.3 Å². The van der Waals surface area contributed by atoms with Crippen LogP contribution in [0.2, 0.25) is 0 Å². The first-order valence-electron chi connectivity index (χ1n) is 5.15. The van der Waals surface area contributed by atoms with Gasteiger partial charge < -0.3 is 24.1 Å². The van der Waals surface area contributed by atoms with E-state index in [1.807, 2.05) is 0 Å². The second-order valence-corrected chi connectivity index (χ2v) is 4.42. The fourth-order valence-electron chi connectivity index (χ4n) is 1.93. The van der Waals surface area contributed by atoms with E-state index in [4.69, 9.17) is 18.9 Å². The number of hydrogen-bond donors (Lipinski definition) is 1. The van der Waals surface area contributed by atoms with Crippen LogP contribution in [0.4, 0.5) is 0 Å². The molecule has 0 aliphatic carbocycles. The van der Waals surface area contributed by atoms with Crippen molar-refractivity contribution in [2.75, 3.05) is 13.7 Å². The molecule has 2 aliphatic rings. The van der Waals surface area contributed by atoms with E-state index in [0.29, 0.717) is 0 Å². The summed E-state index contributed by atoms with van der Waals surface area (Å²) in [5, 5.41) is 9.98. The van der Waals surface area contributed by atoms with Crippen molar-refractivity contribution < 1.29 is 33.6 Å². The van der Waals surface area contributed by atoms with E-state index in [2.05, 4.69) is 0 Å². The van der Waals surface area contributed by atoms with Gasteiger partial charge in [0.05, 0.1) is 6.61 Å². The number of carbonyl (C=O) groups is 2. The van der Waals surface area contributed by atoms with Crippen molar-refractivity contribution in [1.29, 1.82) is 0 Å². The molecule has 3 unspecified atom stereocenters. The number of esters is 1. The Morgan fingerprint density at radius 2 is 2.06 bits per heavy atom. The van der Waals surface area contributed by atoms with Gasteiger partial charge in [0.2, 0.25) is 0 Å². The predicted molar refractivity (Wildman–Crippen MR) is 51.7 cm³/mol. The molecule has 7 heteroatoms. The van der Waals surface area contributed by atoms with Crippen LogP contribution < -0.4 is 0 Å². The van der Waals surface area contributed by atoms with Crippen molar-refractivity contribution in [2.45, 2.75) is 37.6 Å². The molecule has 2 rings (SSSR count). The molecular weight excluding hydrogens is 232 g/mol. The lowest BCUT2D eigenvalue weighted by Crippen LogP contribution is -2.52. The van der Waals surface area contributed by atoms with Crippen LogP contribution in [0.1, 0.15) is 13.8 Å². The second-order valence-electron chi connectivity index (χ2n) is 4.42. The zero-order chi connectivity index (χ0) is 12.8. The fourth-order valence-corrected chi connectivity index (χ4v) is 1.93. The molecule has 2 fully saturated rings. The molecule has 1 N–H and O–H groups in total. The van der Waals surface area contributed by atoms with Crippen LogP contribution in [-0.4, -0.2) is 54.4 Å². The Balaban J connectivity index is 2.22. The van der Waals surface area contributed by atoms with Gasteiger partial charge in [0.15, 0.2) is 11.9 Å². The van der Waals surface area contributed by atoms with Crippen LogP contribution in [0.25, 0.3) is 0 Å². The Morgan fingerprint density at radius 3 is 2.53 bits per heavy atom. The van der Waals surface area contributed by atoms with Crippen molar-refractivity contribution in [1.82, 2.24) is 0 Å². The van der Waals surface area contributed by atoms with E-state index in [-0.39, 0.29) is 6.61 Å². The van der Waals surface area contributed by atoms with Crippen LogP contribution in [0, 0.1) is 0 Å². The quantitative estimate of drug-likeness (QED) is 0.378. The third-order valence-electron chi connectivity index (χ3n) is 2.81. The standard InChI is InChI=1S/C10H14O7/c1-9(2)15-4-5(17-9)7-10(13,14-3)6(11)8(12)16-7/h5,7,13H,4H2,1-3H3. The zero-order valence-corrected chi connectivity index (χ0v) is 9.76. The maximum Gasteiger partial charge on any atom is 0.381 e. The summed E-state index contributed by atoms with van der Waals surface area (Å²) in [5.41, 5.74) is 0. The largest absolute Gasteiger partial charge is 0.447 e. The van der Waals surface area contributed by atoms with Crippen molar-refractivity contribution in [3.63, 3.8) is 0 Å². The number of methoxy groups -OCH3 is 1. The molecule has 0 spiro atoms. The zero-order valence-electron chi connectivity index (χ0n) is 9.76. The van der Waals surface area contributed by atoms with Crippen molar-refractivity contribution >= 4 is 11.8 Å². The molecule has 0 bridgehead atoms. The van der Waals surface area contributed by atoms with E-state index in [1.54, 1.807) is 13.8 Å². The van der Waals surface area contributed by atoms with E-state index in [0.717, 1.165) is 7.11 Å². The van der Waals surface area contributed by atoms with Gasteiger partial charge in [-0.3, -0.25) is 4.79 Å². The number of ketones is 1. The smallest absolute Gasteiger partial charge is 0.381 e. The molecule has 0 aromatic rings. The summed E-state index contributed by atoms with van der Waals surface area (Å²) in [6.45, 7) is 3.46. The van der Waals surface area contributed by atoms with Gasteiger partial charge in [-0.05, 0) is 13.8 Å². The number of hydrogen-bond acceptors (Lipinski definition) is 7. The Kier molecular flexibility index (Phi) is 2.74. The molecule has 3 atom stereocenters. The number of cyclic esters (lactones) is 1. The number of rotatable bonds is 2. The maximum atomic E-state index is 11.4. The average molecular weight is 246 g/mol. The first-order valence-corrected chi connectivity index (χ1v) is 5.15. The molecule has 0 radical (unpaired) electrons. The van der Waals surface area contributed by atoms with Crippen molar-refractivity contribution in [3.8, 4) is 0 Å². The summed E-state index contributed by atoms with van der Waals surface area (Å²) in [6, 6.07) is 0. The lowest BCUT2D eigenvalue weighted by Gasteiger charge is -2.27.